The fraction of sp³-hybridized carbons (Fsp3) is 0.952. The second kappa shape index (κ2) is 17.8. The average molecular weight is 503 g/mol. The Morgan fingerprint density at radius 3 is 2.06 bits per heavy atom. The Morgan fingerprint density at radius 1 is 0.971 bits per heavy atom. The standard InChI is InChI=1S/C13H25BNO7P.C8H15BO2/c14-12-7-6-11(22-12)10-20-13(16)15-8-4-2-1-3-5-9-21-23(17,18)19;1-6(2)10-5-7-3-4-8(9)11-7/h11-12H,1-10H2,(H,15,16)(H2,17,18,19);6-8H,3-5H2,1-2H3. The van der Waals surface area contributed by atoms with Gasteiger partial charge in [0.05, 0.1) is 31.5 Å². The van der Waals surface area contributed by atoms with Crippen LogP contribution in [0.5, 0.6) is 0 Å². The second-order valence-electron chi connectivity index (χ2n) is 8.75. The van der Waals surface area contributed by atoms with E-state index in [0.717, 1.165) is 51.4 Å². The summed E-state index contributed by atoms with van der Waals surface area (Å²) in [5, 5.41) is 2.66. The number of carbonyl (C=O) groups is 1. The number of ether oxygens (including phenoxy) is 4. The Balaban J connectivity index is 0.000000437. The maximum Gasteiger partial charge on any atom is 0.469 e. The zero-order valence-corrected chi connectivity index (χ0v) is 21.3. The summed E-state index contributed by atoms with van der Waals surface area (Å²) in [6, 6.07) is -0.311. The average Bonchev–Trinajstić information content (AvgIpc) is 3.36. The van der Waals surface area contributed by atoms with E-state index >= 15 is 0 Å². The molecule has 0 saturated carbocycles. The Morgan fingerprint density at radius 2 is 1.53 bits per heavy atom. The molecule has 1 amide bonds. The SMILES string of the molecule is [B]C1CCC(COC(=O)NCCCCCCCOP(=O)(O)O)O1.[B]C1CCC(COC(C)C)O1. The maximum absolute atomic E-state index is 11.4. The molecule has 10 nitrogen and oxygen atoms in total. The number of carbonyl (C=O) groups excluding carboxylic acids is 1. The van der Waals surface area contributed by atoms with E-state index in [1.807, 2.05) is 13.8 Å². The topological polar surface area (TPSA) is 133 Å². The summed E-state index contributed by atoms with van der Waals surface area (Å²) < 4.78 is 35.9. The molecule has 2 aliphatic heterocycles. The van der Waals surface area contributed by atoms with Gasteiger partial charge >= 0.3 is 13.9 Å². The molecular formula is C21H40B2NO9P. The highest BCUT2D eigenvalue weighted by Crippen LogP contribution is 2.35. The van der Waals surface area contributed by atoms with Crippen molar-refractivity contribution >= 4 is 29.6 Å². The predicted molar refractivity (Wildman–Crippen MR) is 129 cm³/mol. The first kappa shape index (κ1) is 31.4. The van der Waals surface area contributed by atoms with Crippen LogP contribution in [-0.2, 0) is 28.0 Å². The summed E-state index contributed by atoms with van der Waals surface area (Å²) in [5.74, 6) is 0. The molecule has 4 radical (unpaired) electrons. The fourth-order valence-corrected chi connectivity index (χ4v) is 3.73. The van der Waals surface area contributed by atoms with Gasteiger partial charge in [-0.1, -0.05) is 19.3 Å². The highest BCUT2D eigenvalue weighted by atomic mass is 31.2. The van der Waals surface area contributed by atoms with Crippen LogP contribution >= 0.6 is 7.82 Å². The molecule has 2 heterocycles. The lowest BCUT2D eigenvalue weighted by Gasteiger charge is -2.13. The predicted octanol–water partition coefficient (Wildman–Crippen LogP) is 2.53. The molecule has 0 aromatic heterocycles. The molecule has 0 bridgehead atoms. The largest absolute Gasteiger partial charge is 0.469 e. The number of rotatable bonds is 14. The smallest absolute Gasteiger partial charge is 0.447 e. The van der Waals surface area contributed by atoms with Gasteiger partial charge in [-0.15, -0.1) is 0 Å². The van der Waals surface area contributed by atoms with Crippen LogP contribution in [0.4, 0.5) is 4.79 Å². The van der Waals surface area contributed by atoms with Gasteiger partial charge in [0, 0.05) is 18.6 Å². The van der Waals surface area contributed by atoms with Crippen LogP contribution in [0, 0.1) is 0 Å². The Hall–Kier alpha value is -0.610. The van der Waals surface area contributed by atoms with Crippen LogP contribution in [-0.4, -0.2) is 88.3 Å². The summed E-state index contributed by atoms with van der Waals surface area (Å²) in [6.07, 6.45) is 7.62. The van der Waals surface area contributed by atoms with Crippen molar-refractivity contribution in [2.75, 3.05) is 26.4 Å². The molecule has 2 fully saturated rings. The summed E-state index contributed by atoms with van der Waals surface area (Å²) in [4.78, 5) is 28.4. The van der Waals surface area contributed by atoms with Crippen molar-refractivity contribution in [2.45, 2.75) is 102 Å². The van der Waals surface area contributed by atoms with E-state index in [0.29, 0.717) is 19.6 Å². The van der Waals surface area contributed by atoms with E-state index in [-0.39, 0.29) is 43.5 Å². The normalized spacial score (nSPS) is 24.6. The van der Waals surface area contributed by atoms with Gasteiger partial charge < -0.3 is 34.1 Å². The van der Waals surface area contributed by atoms with E-state index < -0.39 is 13.9 Å². The van der Waals surface area contributed by atoms with Crippen LogP contribution in [0.1, 0.15) is 71.6 Å². The lowest BCUT2D eigenvalue weighted by molar-refractivity contribution is -0.0154. The number of phosphoric ester groups is 1. The number of hydrogen-bond donors (Lipinski definition) is 3. The molecule has 2 rings (SSSR count). The van der Waals surface area contributed by atoms with Gasteiger partial charge in [0.2, 0.25) is 0 Å². The molecule has 13 heteroatoms. The number of alkyl carbamates (subject to hydrolysis) is 1. The second-order valence-corrected chi connectivity index (χ2v) is 9.99. The van der Waals surface area contributed by atoms with Crippen molar-refractivity contribution in [3.05, 3.63) is 0 Å². The number of amides is 1. The van der Waals surface area contributed by atoms with Gasteiger partial charge in [0.1, 0.15) is 22.3 Å². The van der Waals surface area contributed by atoms with E-state index in [1.165, 1.54) is 0 Å². The summed E-state index contributed by atoms with van der Waals surface area (Å²) in [6.45, 7) is 5.54. The van der Waals surface area contributed by atoms with Crippen LogP contribution in [0.25, 0.3) is 0 Å². The Bertz CT molecular complexity index is 597. The van der Waals surface area contributed by atoms with E-state index in [4.69, 9.17) is 44.4 Å². The maximum atomic E-state index is 11.4. The molecule has 3 N–H and O–H groups in total. The van der Waals surface area contributed by atoms with Gasteiger partial charge in [0.15, 0.2) is 0 Å². The third-order valence-electron chi connectivity index (χ3n) is 5.15. The Kier molecular flexibility index (Phi) is 16.4. The minimum Gasteiger partial charge on any atom is -0.447 e. The quantitative estimate of drug-likeness (QED) is 0.186. The van der Waals surface area contributed by atoms with E-state index in [1.54, 1.807) is 0 Å². The number of hydrogen-bond acceptors (Lipinski definition) is 7. The van der Waals surface area contributed by atoms with Gasteiger partial charge in [0.25, 0.3) is 0 Å². The third kappa shape index (κ3) is 17.8. The van der Waals surface area contributed by atoms with Crippen LogP contribution < -0.4 is 5.32 Å². The molecule has 0 spiro atoms. The fourth-order valence-electron chi connectivity index (χ4n) is 3.36. The highest BCUT2D eigenvalue weighted by Gasteiger charge is 2.23. The summed E-state index contributed by atoms with van der Waals surface area (Å²) >= 11 is 0. The first-order valence-electron chi connectivity index (χ1n) is 12.1. The minimum atomic E-state index is -4.34. The van der Waals surface area contributed by atoms with Gasteiger partial charge in [-0.25, -0.2) is 9.36 Å². The molecule has 0 aromatic carbocycles. The number of phosphoric acid groups is 1. The van der Waals surface area contributed by atoms with E-state index in [2.05, 4.69) is 9.84 Å². The highest BCUT2D eigenvalue weighted by molar-refractivity contribution is 7.46. The van der Waals surface area contributed by atoms with Crippen LogP contribution in [0.3, 0.4) is 0 Å². The van der Waals surface area contributed by atoms with Crippen molar-refractivity contribution < 1.29 is 42.6 Å². The van der Waals surface area contributed by atoms with Crippen LogP contribution in [0.15, 0.2) is 0 Å². The zero-order chi connectivity index (χ0) is 25.4. The summed E-state index contributed by atoms with van der Waals surface area (Å²) in [7, 11) is 6.80. The first-order chi connectivity index (χ1) is 16.0. The van der Waals surface area contributed by atoms with Crippen molar-refractivity contribution in [1.82, 2.24) is 5.32 Å². The van der Waals surface area contributed by atoms with Crippen molar-refractivity contribution in [2.24, 2.45) is 0 Å². The Labute approximate surface area is 206 Å². The van der Waals surface area contributed by atoms with E-state index in [9.17, 15) is 9.36 Å². The molecule has 34 heavy (non-hydrogen) atoms. The van der Waals surface area contributed by atoms with Crippen LogP contribution in [0.2, 0.25) is 0 Å². The number of nitrogens with one attached hydrogen (secondary N) is 1. The first-order valence-corrected chi connectivity index (χ1v) is 13.6. The third-order valence-corrected chi connectivity index (χ3v) is 5.67. The van der Waals surface area contributed by atoms with Gasteiger partial charge in [-0.05, 0) is 52.4 Å². The summed E-state index contributed by atoms with van der Waals surface area (Å²) in [5.41, 5.74) is 0. The van der Waals surface area contributed by atoms with Crippen molar-refractivity contribution in [3.63, 3.8) is 0 Å². The lowest BCUT2D eigenvalue weighted by Crippen LogP contribution is -2.28. The van der Waals surface area contributed by atoms with Gasteiger partial charge in [-0.3, -0.25) is 4.52 Å². The molecule has 0 aliphatic carbocycles. The monoisotopic (exact) mass is 503 g/mol. The molecule has 4 unspecified atom stereocenters. The molecule has 4 atom stereocenters. The number of unbranched alkanes of at least 4 members (excludes halogenated alkanes) is 4. The van der Waals surface area contributed by atoms with Crippen molar-refractivity contribution in [3.8, 4) is 0 Å². The van der Waals surface area contributed by atoms with Gasteiger partial charge in [-0.2, -0.15) is 0 Å². The lowest BCUT2D eigenvalue weighted by atomic mass is 9.97. The molecule has 194 valence electrons. The van der Waals surface area contributed by atoms with Crippen molar-refractivity contribution in [1.29, 1.82) is 0 Å². The molecule has 0 aromatic rings. The molecular weight excluding hydrogens is 463 g/mol. The minimum absolute atomic E-state index is 0.0573. The zero-order valence-electron chi connectivity index (χ0n) is 20.4. The molecule has 2 saturated heterocycles. The molecule has 2 aliphatic rings.